The molecule has 0 spiro atoms. The first-order chi connectivity index (χ1) is 21.4. The highest BCUT2D eigenvalue weighted by atomic mass is 16.5. The van der Waals surface area contributed by atoms with Crippen LogP contribution < -0.4 is 20.9 Å². The Kier molecular flexibility index (Phi) is 7.88. The lowest BCUT2D eigenvalue weighted by atomic mass is 9.97. The summed E-state index contributed by atoms with van der Waals surface area (Å²) in [6.45, 7) is 0. The van der Waals surface area contributed by atoms with Crippen molar-refractivity contribution in [1.82, 2.24) is 0 Å². The Balaban J connectivity index is 1.13. The van der Waals surface area contributed by atoms with Crippen molar-refractivity contribution in [1.29, 1.82) is 0 Å². The summed E-state index contributed by atoms with van der Waals surface area (Å²) in [5.74, 6) is 2.07. The number of nitrogens with two attached hydrogens (primary N) is 2. The van der Waals surface area contributed by atoms with Crippen LogP contribution in [-0.2, 0) is 0 Å². The smallest absolute Gasteiger partial charge is 0.193 e. The Morgan fingerprint density at radius 2 is 0.727 bits per heavy atom. The molecule has 6 heteroatoms. The molecule has 0 amide bonds. The zero-order chi connectivity index (χ0) is 30.5. The lowest BCUT2D eigenvalue weighted by Gasteiger charge is -2.09. The minimum absolute atomic E-state index is 0.113. The van der Waals surface area contributed by atoms with E-state index < -0.39 is 0 Å². The number of anilines is 2. The van der Waals surface area contributed by atoms with Crippen LogP contribution in [0.4, 0.5) is 11.4 Å². The molecule has 0 saturated heterocycles. The van der Waals surface area contributed by atoms with Crippen LogP contribution in [0.3, 0.4) is 0 Å². The van der Waals surface area contributed by atoms with Crippen molar-refractivity contribution in [2.45, 2.75) is 0 Å². The SMILES string of the molecule is Nc1cccc(Oc2cccc(C(=O)c3ccc(-c4ccc(C(=O)c5cccc(Oc6cccc(N)c6)c5)cc4)cc3)c2)c1. The molecule has 0 bridgehead atoms. The average molecular weight is 577 g/mol. The quantitative estimate of drug-likeness (QED) is 0.132. The number of nitrogen functional groups attached to an aromatic ring is 2. The third kappa shape index (κ3) is 6.50. The fourth-order valence-electron chi connectivity index (χ4n) is 4.79. The summed E-state index contributed by atoms with van der Waals surface area (Å²) < 4.78 is 11.8. The highest BCUT2D eigenvalue weighted by molar-refractivity contribution is 6.10. The molecule has 6 nitrogen and oxygen atoms in total. The summed E-state index contributed by atoms with van der Waals surface area (Å²) in [7, 11) is 0. The van der Waals surface area contributed by atoms with Crippen molar-refractivity contribution in [3.05, 3.63) is 168 Å². The molecule has 4 N–H and O–H groups in total. The number of benzene rings is 6. The highest BCUT2D eigenvalue weighted by Gasteiger charge is 2.13. The first kappa shape index (κ1) is 28.0. The fourth-order valence-corrected chi connectivity index (χ4v) is 4.79. The zero-order valence-electron chi connectivity index (χ0n) is 23.6. The van der Waals surface area contributed by atoms with E-state index in [9.17, 15) is 9.59 Å². The maximum Gasteiger partial charge on any atom is 0.193 e. The predicted molar refractivity (Wildman–Crippen MR) is 173 cm³/mol. The first-order valence-electron chi connectivity index (χ1n) is 14.0. The molecule has 0 aliphatic rings. The van der Waals surface area contributed by atoms with Crippen LogP contribution in [0.15, 0.2) is 146 Å². The maximum atomic E-state index is 13.2. The summed E-state index contributed by atoms with van der Waals surface area (Å²) in [5, 5.41) is 0. The van der Waals surface area contributed by atoms with E-state index >= 15 is 0 Å². The minimum atomic E-state index is -0.113. The molecule has 0 unspecified atom stereocenters. The predicted octanol–water partition coefficient (Wildman–Crippen LogP) is 8.56. The van der Waals surface area contributed by atoms with Crippen molar-refractivity contribution >= 4 is 22.9 Å². The lowest BCUT2D eigenvalue weighted by molar-refractivity contribution is 0.103. The van der Waals surface area contributed by atoms with Gasteiger partial charge in [-0.05, 0) is 59.7 Å². The molecule has 0 aliphatic carbocycles. The number of ether oxygens (including phenoxy) is 2. The molecule has 0 saturated carbocycles. The Morgan fingerprint density at radius 3 is 1.09 bits per heavy atom. The monoisotopic (exact) mass is 576 g/mol. The van der Waals surface area contributed by atoms with E-state index in [0.29, 0.717) is 56.6 Å². The van der Waals surface area contributed by atoms with E-state index in [-0.39, 0.29) is 11.6 Å². The van der Waals surface area contributed by atoms with Crippen LogP contribution in [0.5, 0.6) is 23.0 Å². The van der Waals surface area contributed by atoms with Gasteiger partial charge in [-0.25, -0.2) is 0 Å². The van der Waals surface area contributed by atoms with Crippen LogP contribution >= 0.6 is 0 Å². The van der Waals surface area contributed by atoms with Crippen LogP contribution in [-0.4, -0.2) is 11.6 Å². The summed E-state index contributed by atoms with van der Waals surface area (Å²) >= 11 is 0. The van der Waals surface area contributed by atoms with Gasteiger partial charge in [0.15, 0.2) is 11.6 Å². The van der Waals surface area contributed by atoms with Crippen molar-refractivity contribution in [3.63, 3.8) is 0 Å². The molecule has 0 heterocycles. The van der Waals surface area contributed by atoms with Crippen LogP contribution in [0.1, 0.15) is 31.8 Å². The standard InChI is InChI=1S/C38H28N2O4/c39-31-7-3-11-35(23-31)43-33-9-1-5-29(21-33)37(41)27-17-13-25(14-18-27)26-15-19-28(20-16-26)38(42)30-6-2-10-34(22-30)44-36-12-4-8-32(40)24-36/h1-24H,39-40H2. The van der Waals surface area contributed by atoms with Crippen molar-refractivity contribution in [2.24, 2.45) is 0 Å². The van der Waals surface area contributed by atoms with Gasteiger partial charge in [0.1, 0.15) is 23.0 Å². The average Bonchev–Trinajstić information content (AvgIpc) is 3.04. The Morgan fingerprint density at radius 1 is 0.386 bits per heavy atom. The van der Waals surface area contributed by atoms with Gasteiger partial charge in [-0.2, -0.15) is 0 Å². The molecule has 6 rings (SSSR count). The molecule has 0 radical (unpaired) electrons. The van der Waals surface area contributed by atoms with Gasteiger partial charge < -0.3 is 20.9 Å². The van der Waals surface area contributed by atoms with Crippen LogP contribution in [0.25, 0.3) is 11.1 Å². The molecule has 0 fully saturated rings. The fraction of sp³-hybridized carbons (Fsp3) is 0. The highest BCUT2D eigenvalue weighted by Crippen LogP contribution is 2.28. The summed E-state index contributed by atoms with van der Waals surface area (Å²) in [4.78, 5) is 26.4. The minimum Gasteiger partial charge on any atom is -0.457 e. The van der Waals surface area contributed by atoms with E-state index in [1.54, 1.807) is 97.1 Å². The normalized spacial score (nSPS) is 10.6. The number of carbonyl (C=O) groups is 2. The molecule has 0 aromatic heterocycles. The molecule has 214 valence electrons. The second-order valence-electron chi connectivity index (χ2n) is 10.2. The topological polar surface area (TPSA) is 105 Å². The van der Waals surface area contributed by atoms with Gasteiger partial charge in [0.2, 0.25) is 0 Å². The van der Waals surface area contributed by atoms with E-state index in [2.05, 4.69) is 0 Å². The number of carbonyl (C=O) groups excluding carboxylic acids is 2. The van der Waals surface area contributed by atoms with Crippen LogP contribution in [0, 0.1) is 0 Å². The van der Waals surface area contributed by atoms with E-state index in [0.717, 1.165) is 11.1 Å². The van der Waals surface area contributed by atoms with Crippen molar-refractivity contribution in [3.8, 4) is 34.1 Å². The van der Waals surface area contributed by atoms with Gasteiger partial charge in [-0.1, -0.05) is 84.9 Å². The van der Waals surface area contributed by atoms with Crippen molar-refractivity contribution < 1.29 is 19.1 Å². The first-order valence-corrected chi connectivity index (χ1v) is 14.0. The Labute approximate surface area is 255 Å². The number of ketones is 2. The van der Waals surface area contributed by atoms with Crippen LogP contribution in [0.2, 0.25) is 0 Å². The molecule has 0 aliphatic heterocycles. The Hall–Kier alpha value is -6.14. The second-order valence-corrected chi connectivity index (χ2v) is 10.2. The Bertz CT molecular complexity index is 1820. The summed E-state index contributed by atoms with van der Waals surface area (Å²) in [5.41, 5.74) is 16.9. The number of rotatable bonds is 9. The van der Waals surface area contributed by atoms with E-state index in [1.807, 2.05) is 48.5 Å². The van der Waals surface area contributed by atoms with Gasteiger partial charge in [0.25, 0.3) is 0 Å². The van der Waals surface area contributed by atoms with E-state index in [1.165, 1.54) is 0 Å². The molecular weight excluding hydrogens is 548 g/mol. The van der Waals surface area contributed by atoms with E-state index in [4.69, 9.17) is 20.9 Å². The van der Waals surface area contributed by atoms with Gasteiger partial charge in [-0.3, -0.25) is 9.59 Å². The maximum absolute atomic E-state index is 13.2. The van der Waals surface area contributed by atoms with Gasteiger partial charge in [0.05, 0.1) is 0 Å². The molecule has 6 aromatic rings. The third-order valence-corrected chi connectivity index (χ3v) is 7.01. The van der Waals surface area contributed by atoms with Gasteiger partial charge >= 0.3 is 0 Å². The second kappa shape index (κ2) is 12.4. The third-order valence-electron chi connectivity index (χ3n) is 7.01. The zero-order valence-corrected chi connectivity index (χ0v) is 23.6. The summed E-state index contributed by atoms with van der Waals surface area (Å²) in [6.07, 6.45) is 0. The number of hydrogen-bond donors (Lipinski definition) is 2. The molecule has 6 aromatic carbocycles. The van der Waals surface area contributed by atoms with Crippen molar-refractivity contribution in [2.75, 3.05) is 11.5 Å². The molecule has 44 heavy (non-hydrogen) atoms. The van der Waals surface area contributed by atoms with Gasteiger partial charge in [-0.15, -0.1) is 0 Å². The summed E-state index contributed by atoms with van der Waals surface area (Å²) in [6, 6.07) is 43.2. The number of hydrogen-bond acceptors (Lipinski definition) is 6. The molecular formula is C38H28N2O4. The largest absolute Gasteiger partial charge is 0.457 e. The molecule has 0 atom stereocenters. The lowest BCUT2D eigenvalue weighted by Crippen LogP contribution is -2.02. The van der Waals surface area contributed by atoms with Gasteiger partial charge in [0, 0.05) is 45.8 Å².